The van der Waals surface area contributed by atoms with E-state index in [4.69, 9.17) is 4.52 Å². The monoisotopic (exact) mass is 379 g/mol. The third kappa shape index (κ3) is 5.06. The number of rotatable bonds is 7. The van der Waals surface area contributed by atoms with Gasteiger partial charge in [0.05, 0.1) is 5.60 Å². The van der Waals surface area contributed by atoms with Gasteiger partial charge in [0.2, 0.25) is 5.91 Å². The quantitative estimate of drug-likeness (QED) is 0.583. The van der Waals surface area contributed by atoms with E-state index in [1.807, 2.05) is 54.6 Å². The van der Waals surface area contributed by atoms with Gasteiger partial charge in [-0.3, -0.25) is 10.1 Å². The molecule has 0 saturated carbocycles. The van der Waals surface area contributed by atoms with Crippen LogP contribution < -0.4 is 10.6 Å². The zero-order valence-corrected chi connectivity index (χ0v) is 16.3. The van der Waals surface area contributed by atoms with E-state index in [1.54, 1.807) is 26.8 Å². The summed E-state index contributed by atoms with van der Waals surface area (Å²) in [6.45, 7) is 5.74. The predicted molar refractivity (Wildman–Crippen MR) is 108 cm³/mol. The van der Waals surface area contributed by atoms with Crippen LogP contribution >= 0.6 is 0 Å². The number of amides is 1. The lowest BCUT2D eigenvalue weighted by molar-refractivity contribution is -0.118. The fraction of sp³-hybridized carbons (Fsp3) is 0.273. The van der Waals surface area contributed by atoms with E-state index in [9.17, 15) is 9.90 Å². The van der Waals surface area contributed by atoms with Crippen molar-refractivity contribution in [2.45, 2.75) is 39.0 Å². The van der Waals surface area contributed by atoms with Crippen LogP contribution in [0.2, 0.25) is 0 Å². The van der Waals surface area contributed by atoms with Crippen molar-refractivity contribution in [1.29, 1.82) is 0 Å². The van der Waals surface area contributed by atoms with Crippen molar-refractivity contribution >= 4 is 11.7 Å². The van der Waals surface area contributed by atoms with E-state index in [-0.39, 0.29) is 5.91 Å². The molecule has 28 heavy (non-hydrogen) atoms. The molecule has 0 radical (unpaired) electrons. The topological polar surface area (TPSA) is 87.4 Å². The van der Waals surface area contributed by atoms with Crippen LogP contribution in [0.4, 0.5) is 5.82 Å². The third-order valence-electron chi connectivity index (χ3n) is 4.42. The summed E-state index contributed by atoms with van der Waals surface area (Å²) in [5.41, 5.74) is 1.73. The molecule has 0 saturated heterocycles. The third-order valence-corrected chi connectivity index (χ3v) is 4.42. The summed E-state index contributed by atoms with van der Waals surface area (Å²) >= 11 is 0. The molecule has 1 atom stereocenters. The van der Waals surface area contributed by atoms with Gasteiger partial charge in [-0.05, 0) is 37.5 Å². The van der Waals surface area contributed by atoms with Crippen molar-refractivity contribution in [3.63, 3.8) is 0 Å². The molecule has 0 fully saturated rings. The maximum absolute atomic E-state index is 12.9. The molecule has 1 aromatic heterocycles. The first kappa shape index (κ1) is 19.8. The Labute approximate surface area is 164 Å². The number of aryl methyl sites for hydroxylation is 1. The first-order chi connectivity index (χ1) is 13.3. The molecule has 3 N–H and O–H groups in total. The second kappa shape index (κ2) is 8.37. The number of aromatic nitrogens is 1. The van der Waals surface area contributed by atoms with E-state index >= 15 is 0 Å². The number of benzene rings is 2. The van der Waals surface area contributed by atoms with Crippen molar-refractivity contribution in [3.05, 3.63) is 83.1 Å². The summed E-state index contributed by atoms with van der Waals surface area (Å²) in [5.74, 6) is 0.787. The molecule has 1 unspecified atom stereocenters. The average Bonchev–Trinajstić information content (AvgIpc) is 3.07. The van der Waals surface area contributed by atoms with E-state index in [1.165, 1.54) is 0 Å². The molecule has 146 valence electrons. The van der Waals surface area contributed by atoms with Crippen LogP contribution in [-0.2, 0) is 16.9 Å². The van der Waals surface area contributed by atoms with Crippen LogP contribution in [0.25, 0.3) is 0 Å². The fourth-order valence-electron chi connectivity index (χ4n) is 2.91. The van der Waals surface area contributed by atoms with Crippen LogP contribution in [0.3, 0.4) is 0 Å². The van der Waals surface area contributed by atoms with Crippen molar-refractivity contribution in [2.75, 3.05) is 5.32 Å². The highest BCUT2D eigenvalue weighted by atomic mass is 16.5. The lowest BCUT2D eigenvalue weighted by Gasteiger charge is -2.20. The minimum atomic E-state index is -0.920. The van der Waals surface area contributed by atoms with Gasteiger partial charge in [0.25, 0.3) is 0 Å². The Hall–Kier alpha value is -2.96. The van der Waals surface area contributed by atoms with Crippen molar-refractivity contribution in [1.82, 2.24) is 10.5 Å². The highest BCUT2D eigenvalue weighted by molar-refractivity contribution is 5.94. The zero-order chi connectivity index (χ0) is 20.1. The van der Waals surface area contributed by atoms with Crippen molar-refractivity contribution in [2.24, 2.45) is 0 Å². The van der Waals surface area contributed by atoms with Gasteiger partial charge in [-0.2, -0.15) is 0 Å². The summed E-state index contributed by atoms with van der Waals surface area (Å²) in [5, 5.41) is 20.1. The van der Waals surface area contributed by atoms with Crippen molar-refractivity contribution in [3.8, 4) is 0 Å². The minimum absolute atomic E-state index is 0.224. The second-order valence-electron chi connectivity index (χ2n) is 7.30. The Morgan fingerprint density at radius 3 is 2.54 bits per heavy atom. The van der Waals surface area contributed by atoms with E-state index in [2.05, 4.69) is 15.8 Å². The lowest BCUT2D eigenvalue weighted by Crippen LogP contribution is -2.33. The molecule has 6 nitrogen and oxygen atoms in total. The average molecular weight is 379 g/mol. The number of nitrogens with one attached hydrogen (secondary N) is 2. The number of hydrogen-bond donors (Lipinski definition) is 3. The van der Waals surface area contributed by atoms with Gasteiger partial charge in [-0.15, -0.1) is 0 Å². The molecule has 1 heterocycles. The summed E-state index contributed by atoms with van der Waals surface area (Å²) in [6.07, 6.45) is 0. The standard InChI is InChI=1S/C22H25N3O3/c1-15-12-19(25-28-15)24-21(26)20(17-9-5-4-6-10-17)23-14-16-8-7-11-18(13-16)22(2,3)27/h4-13,20,23,27H,14H2,1-3H3,(H,24,25,26). The number of aliphatic hydroxyl groups is 1. The van der Waals surface area contributed by atoms with Gasteiger partial charge in [-0.1, -0.05) is 59.8 Å². The fourth-order valence-corrected chi connectivity index (χ4v) is 2.91. The highest BCUT2D eigenvalue weighted by Gasteiger charge is 2.22. The van der Waals surface area contributed by atoms with Gasteiger partial charge >= 0.3 is 0 Å². The Balaban J connectivity index is 1.77. The molecule has 2 aromatic carbocycles. The van der Waals surface area contributed by atoms with Crippen LogP contribution in [-0.4, -0.2) is 16.2 Å². The normalized spacial score (nSPS) is 12.6. The highest BCUT2D eigenvalue weighted by Crippen LogP contribution is 2.21. The molecule has 0 aliphatic heterocycles. The molecular formula is C22H25N3O3. The van der Waals surface area contributed by atoms with E-state index < -0.39 is 11.6 Å². The Kier molecular flexibility index (Phi) is 5.92. The van der Waals surface area contributed by atoms with E-state index in [0.717, 1.165) is 16.7 Å². The first-order valence-corrected chi connectivity index (χ1v) is 9.17. The summed E-state index contributed by atoms with van der Waals surface area (Å²) in [7, 11) is 0. The Bertz CT molecular complexity index is 929. The number of carbonyl (C=O) groups excluding carboxylic acids is 1. The Morgan fingerprint density at radius 2 is 1.89 bits per heavy atom. The molecule has 3 rings (SSSR count). The molecule has 0 bridgehead atoms. The largest absolute Gasteiger partial charge is 0.386 e. The number of hydrogen-bond acceptors (Lipinski definition) is 5. The minimum Gasteiger partial charge on any atom is -0.386 e. The maximum atomic E-state index is 12.9. The smallest absolute Gasteiger partial charge is 0.247 e. The number of nitrogens with zero attached hydrogens (tertiary/aromatic N) is 1. The molecular weight excluding hydrogens is 354 g/mol. The first-order valence-electron chi connectivity index (χ1n) is 9.17. The van der Waals surface area contributed by atoms with Crippen LogP contribution in [0.5, 0.6) is 0 Å². The van der Waals surface area contributed by atoms with Gasteiger partial charge in [0, 0.05) is 12.6 Å². The maximum Gasteiger partial charge on any atom is 0.247 e. The summed E-state index contributed by atoms with van der Waals surface area (Å²) in [4.78, 5) is 12.9. The molecule has 0 aliphatic rings. The molecule has 1 amide bonds. The molecule has 0 aliphatic carbocycles. The van der Waals surface area contributed by atoms with Gasteiger partial charge < -0.3 is 14.9 Å². The zero-order valence-electron chi connectivity index (χ0n) is 16.3. The number of anilines is 1. The summed E-state index contributed by atoms with van der Waals surface area (Å²) in [6, 6.07) is 18.3. The predicted octanol–water partition coefficient (Wildman–Crippen LogP) is 3.68. The Morgan fingerprint density at radius 1 is 1.14 bits per heavy atom. The molecule has 3 aromatic rings. The molecule has 6 heteroatoms. The van der Waals surface area contributed by atoms with Crippen LogP contribution in [0.15, 0.2) is 65.2 Å². The molecule has 0 spiro atoms. The summed E-state index contributed by atoms with van der Waals surface area (Å²) < 4.78 is 5.02. The SMILES string of the molecule is Cc1cc(NC(=O)C(NCc2cccc(C(C)(C)O)c2)c2ccccc2)no1. The van der Waals surface area contributed by atoms with Gasteiger partial charge in [-0.25, -0.2) is 0 Å². The van der Waals surface area contributed by atoms with Crippen LogP contribution in [0.1, 0.15) is 42.3 Å². The second-order valence-corrected chi connectivity index (χ2v) is 7.30. The van der Waals surface area contributed by atoms with Crippen LogP contribution in [0, 0.1) is 6.92 Å². The number of carbonyl (C=O) groups is 1. The van der Waals surface area contributed by atoms with Crippen molar-refractivity contribution < 1.29 is 14.4 Å². The van der Waals surface area contributed by atoms with Gasteiger partial charge in [0.1, 0.15) is 11.8 Å². The lowest BCUT2D eigenvalue weighted by atomic mass is 9.96. The van der Waals surface area contributed by atoms with E-state index in [0.29, 0.717) is 18.1 Å². The van der Waals surface area contributed by atoms with Gasteiger partial charge in [0.15, 0.2) is 5.82 Å².